The van der Waals surface area contributed by atoms with Crippen LogP contribution in [-0.4, -0.2) is 15.6 Å². The number of hydrogen-bond acceptors (Lipinski definition) is 2. The van der Waals surface area contributed by atoms with Crippen LogP contribution in [0.5, 0.6) is 0 Å². The van der Waals surface area contributed by atoms with Gasteiger partial charge in [0.2, 0.25) is 0 Å². The fraction of sp³-hybridized carbons (Fsp3) is 0.714. The van der Waals surface area contributed by atoms with Crippen molar-refractivity contribution in [2.24, 2.45) is 23.2 Å². The molecule has 4 fully saturated rings. The van der Waals surface area contributed by atoms with E-state index in [9.17, 15) is 0 Å². The Kier molecular flexibility index (Phi) is 2.92. The average Bonchev–Trinajstić information content (AvgIpc) is 3.21. The van der Waals surface area contributed by atoms with Crippen molar-refractivity contribution in [3.63, 3.8) is 0 Å². The highest BCUT2D eigenvalue weighted by Crippen LogP contribution is 2.76. The van der Waals surface area contributed by atoms with E-state index >= 15 is 0 Å². The van der Waals surface area contributed by atoms with Crippen molar-refractivity contribution in [3.05, 3.63) is 35.4 Å². The summed E-state index contributed by atoms with van der Waals surface area (Å²) < 4.78 is 0.585. The molecular formula is C21H26S2. The molecule has 1 aromatic rings. The smallest absolute Gasteiger partial charge is 0.0648 e. The highest BCUT2D eigenvalue weighted by molar-refractivity contribution is 8.21. The minimum atomic E-state index is 0.585. The van der Waals surface area contributed by atoms with E-state index in [1.165, 1.54) is 43.6 Å². The predicted molar refractivity (Wildman–Crippen MR) is 101 cm³/mol. The first kappa shape index (κ1) is 14.1. The molecular weight excluding hydrogens is 316 g/mol. The third-order valence-electron chi connectivity index (χ3n) is 8.27. The van der Waals surface area contributed by atoms with E-state index in [-0.39, 0.29) is 0 Å². The van der Waals surface area contributed by atoms with E-state index in [1.54, 1.807) is 24.0 Å². The number of rotatable bonds is 0. The molecule has 23 heavy (non-hydrogen) atoms. The molecule has 6 rings (SSSR count). The maximum Gasteiger partial charge on any atom is 0.0648 e. The van der Waals surface area contributed by atoms with E-state index in [2.05, 4.69) is 47.8 Å². The van der Waals surface area contributed by atoms with Gasteiger partial charge in [0.05, 0.1) is 4.08 Å². The third-order valence-corrected chi connectivity index (χ3v) is 12.0. The predicted octanol–water partition coefficient (Wildman–Crippen LogP) is 5.72. The Labute approximate surface area is 148 Å². The first-order valence-electron chi connectivity index (χ1n) is 9.69. The van der Waals surface area contributed by atoms with Crippen LogP contribution in [0.4, 0.5) is 0 Å². The summed E-state index contributed by atoms with van der Waals surface area (Å²) in [5.41, 5.74) is 4.18. The van der Waals surface area contributed by atoms with Crippen LogP contribution >= 0.6 is 23.5 Å². The lowest BCUT2D eigenvalue weighted by molar-refractivity contribution is -0.107. The molecule has 4 aliphatic carbocycles. The molecule has 5 atom stereocenters. The molecule has 0 N–H and O–H groups in total. The molecule has 1 aromatic carbocycles. The molecule has 2 heteroatoms. The molecule has 5 aliphatic rings. The second-order valence-electron chi connectivity index (χ2n) is 8.66. The lowest BCUT2D eigenvalue weighted by Gasteiger charge is -2.67. The Hall–Kier alpha value is -0.0800. The summed E-state index contributed by atoms with van der Waals surface area (Å²) in [7, 11) is 0. The van der Waals surface area contributed by atoms with Gasteiger partial charge in [0.1, 0.15) is 0 Å². The van der Waals surface area contributed by atoms with Gasteiger partial charge in [0.15, 0.2) is 0 Å². The first-order valence-corrected chi connectivity index (χ1v) is 11.7. The van der Waals surface area contributed by atoms with Crippen molar-refractivity contribution in [2.75, 3.05) is 11.5 Å². The number of hydrogen-bond donors (Lipinski definition) is 0. The molecule has 3 saturated carbocycles. The molecule has 2 spiro atoms. The van der Waals surface area contributed by atoms with Gasteiger partial charge < -0.3 is 0 Å². The second kappa shape index (κ2) is 4.75. The molecule has 1 saturated heterocycles. The number of thioether (sulfide) groups is 2. The number of benzene rings is 1. The zero-order valence-corrected chi connectivity index (χ0v) is 15.4. The zero-order chi connectivity index (χ0) is 15.1. The minimum Gasteiger partial charge on any atom is -0.143 e. The van der Waals surface area contributed by atoms with Gasteiger partial charge in [-0.25, -0.2) is 0 Å². The molecule has 1 heterocycles. The van der Waals surface area contributed by atoms with E-state index in [4.69, 9.17) is 0 Å². The topological polar surface area (TPSA) is 0 Å². The van der Waals surface area contributed by atoms with Crippen LogP contribution < -0.4 is 0 Å². The van der Waals surface area contributed by atoms with Gasteiger partial charge >= 0.3 is 0 Å². The zero-order valence-electron chi connectivity index (χ0n) is 13.8. The molecule has 122 valence electrons. The van der Waals surface area contributed by atoms with E-state index in [0.29, 0.717) is 9.49 Å². The van der Waals surface area contributed by atoms with Crippen LogP contribution in [0.25, 0.3) is 0 Å². The summed E-state index contributed by atoms with van der Waals surface area (Å²) >= 11 is 4.72. The van der Waals surface area contributed by atoms with Crippen molar-refractivity contribution in [1.82, 2.24) is 0 Å². The Balaban J connectivity index is 1.53. The third kappa shape index (κ3) is 1.64. The van der Waals surface area contributed by atoms with Gasteiger partial charge in [0, 0.05) is 11.5 Å². The quantitative estimate of drug-likeness (QED) is 0.591. The second-order valence-corrected chi connectivity index (χ2v) is 11.8. The Morgan fingerprint density at radius 2 is 1.78 bits per heavy atom. The molecule has 1 aliphatic heterocycles. The Morgan fingerprint density at radius 1 is 0.957 bits per heavy atom. The lowest BCUT2D eigenvalue weighted by Crippen LogP contribution is -2.60. The molecule has 0 aromatic heterocycles. The summed E-state index contributed by atoms with van der Waals surface area (Å²) in [5, 5.41) is 0. The molecule has 0 amide bonds. The standard InChI is InChI=1S/C21H26S2/c1-2-5-16-14(4-1)12-15-8-9-20(15)17-6-3-7-18(17)21(13-19(16)20)22-10-11-23-21/h1-2,4-5,15,17-19H,3,6-13H2. The van der Waals surface area contributed by atoms with Crippen LogP contribution in [0.15, 0.2) is 24.3 Å². The van der Waals surface area contributed by atoms with Crippen molar-refractivity contribution >= 4 is 23.5 Å². The summed E-state index contributed by atoms with van der Waals surface area (Å²) in [6, 6.07) is 9.54. The van der Waals surface area contributed by atoms with E-state index < -0.39 is 0 Å². The van der Waals surface area contributed by atoms with Gasteiger partial charge in [0.25, 0.3) is 0 Å². The van der Waals surface area contributed by atoms with Crippen LogP contribution in [-0.2, 0) is 6.42 Å². The average molecular weight is 343 g/mol. The Morgan fingerprint density at radius 3 is 2.61 bits per heavy atom. The summed E-state index contributed by atoms with van der Waals surface area (Å²) in [6.07, 6.45) is 10.5. The molecule has 5 unspecified atom stereocenters. The SMILES string of the molecule is c1ccc2c(c1)CC1CCC13C2CC1(SCCS1)C1CCCC13. The molecule has 0 nitrogen and oxygen atoms in total. The van der Waals surface area contributed by atoms with Gasteiger partial charge in [-0.3, -0.25) is 0 Å². The van der Waals surface area contributed by atoms with Gasteiger partial charge in [-0.2, -0.15) is 0 Å². The highest BCUT2D eigenvalue weighted by Gasteiger charge is 2.68. The molecule has 0 bridgehead atoms. The fourth-order valence-corrected chi connectivity index (χ4v) is 11.2. The first-order chi connectivity index (χ1) is 11.3. The number of fused-ring (bicyclic) bond motifs is 4. The normalized spacial score (nSPS) is 45.7. The Bertz CT molecular complexity index is 647. The minimum absolute atomic E-state index is 0.585. The summed E-state index contributed by atoms with van der Waals surface area (Å²) in [6.45, 7) is 0. The van der Waals surface area contributed by atoms with Crippen LogP contribution in [0.2, 0.25) is 0 Å². The van der Waals surface area contributed by atoms with Gasteiger partial charge in [-0.15, -0.1) is 23.5 Å². The van der Waals surface area contributed by atoms with Crippen molar-refractivity contribution < 1.29 is 0 Å². The van der Waals surface area contributed by atoms with Gasteiger partial charge in [-0.05, 0) is 78.7 Å². The van der Waals surface area contributed by atoms with Gasteiger partial charge in [-0.1, -0.05) is 30.7 Å². The maximum absolute atomic E-state index is 2.50. The molecule has 0 radical (unpaired) electrons. The van der Waals surface area contributed by atoms with Crippen molar-refractivity contribution in [2.45, 2.75) is 54.9 Å². The maximum atomic E-state index is 2.50. The largest absolute Gasteiger partial charge is 0.143 e. The van der Waals surface area contributed by atoms with E-state index in [0.717, 1.165) is 23.7 Å². The van der Waals surface area contributed by atoms with Crippen LogP contribution in [0, 0.1) is 23.2 Å². The summed E-state index contributed by atoms with van der Waals surface area (Å²) in [5.74, 6) is 6.78. The van der Waals surface area contributed by atoms with Crippen molar-refractivity contribution in [3.8, 4) is 0 Å². The summed E-state index contributed by atoms with van der Waals surface area (Å²) in [4.78, 5) is 0. The van der Waals surface area contributed by atoms with E-state index in [1.807, 2.05) is 0 Å². The highest BCUT2D eigenvalue weighted by atomic mass is 32.2. The van der Waals surface area contributed by atoms with Crippen LogP contribution in [0.1, 0.15) is 55.6 Å². The lowest BCUT2D eigenvalue weighted by atomic mass is 9.39. The monoisotopic (exact) mass is 342 g/mol. The van der Waals surface area contributed by atoms with Crippen LogP contribution in [0.3, 0.4) is 0 Å². The fourth-order valence-electron chi connectivity index (χ4n) is 7.46. The van der Waals surface area contributed by atoms with Crippen molar-refractivity contribution in [1.29, 1.82) is 0 Å².